The monoisotopic (exact) mass is 338 g/mol. The van der Waals surface area contributed by atoms with E-state index in [-0.39, 0.29) is 12.5 Å². The molecule has 0 aliphatic heterocycles. The van der Waals surface area contributed by atoms with Gasteiger partial charge in [0.05, 0.1) is 6.21 Å². The fraction of sp³-hybridized carbons (Fsp3) is 0.0769. The molecule has 0 radical (unpaired) electrons. The number of hydrazone groups is 1. The van der Waals surface area contributed by atoms with E-state index in [1.165, 1.54) is 0 Å². The van der Waals surface area contributed by atoms with Crippen LogP contribution in [-0.4, -0.2) is 18.7 Å². The molecule has 0 aliphatic rings. The lowest BCUT2D eigenvalue weighted by Gasteiger charge is -2.04. The lowest BCUT2D eigenvalue weighted by atomic mass is 10.3. The number of benzene rings is 1. The number of carbonyl (C=O) groups is 1. The predicted molar refractivity (Wildman–Crippen MR) is 79.7 cm³/mol. The van der Waals surface area contributed by atoms with Crippen LogP contribution >= 0.6 is 27.3 Å². The van der Waals surface area contributed by atoms with E-state index in [0.29, 0.717) is 5.75 Å². The Balaban J connectivity index is 1.76. The molecular weight excluding hydrogens is 328 g/mol. The van der Waals surface area contributed by atoms with Crippen LogP contribution in [0.3, 0.4) is 0 Å². The zero-order chi connectivity index (χ0) is 13.5. The van der Waals surface area contributed by atoms with Crippen molar-refractivity contribution in [1.82, 2.24) is 5.43 Å². The molecule has 0 atom stereocenters. The number of nitrogens with zero attached hydrogens (tertiary/aromatic N) is 1. The molecule has 0 spiro atoms. The van der Waals surface area contributed by atoms with E-state index in [4.69, 9.17) is 4.74 Å². The molecule has 98 valence electrons. The van der Waals surface area contributed by atoms with Crippen molar-refractivity contribution in [3.8, 4) is 5.75 Å². The van der Waals surface area contributed by atoms with Gasteiger partial charge in [-0.25, -0.2) is 5.43 Å². The van der Waals surface area contributed by atoms with Crippen LogP contribution in [0.2, 0.25) is 0 Å². The predicted octanol–water partition coefficient (Wildman–Crippen LogP) is 3.04. The molecule has 1 amide bonds. The van der Waals surface area contributed by atoms with Crippen molar-refractivity contribution in [2.45, 2.75) is 0 Å². The molecule has 0 unspecified atom stereocenters. The molecular formula is C13H11BrN2O2S. The molecule has 2 aromatic rings. The summed E-state index contributed by atoms with van der Waals surface area (Å²) in [5.74, 6) is 0.333. The fourth-order valence-electron chi connectivity index (χ4n) is 1.27. The van der Waals surface area contributed by atoms with E-state index in [0.717, 1.165) is 9.35 Å². The van der Waals surface area contributed by atoms with Gasteiger partial charge in [0.1, 0.15) is 5.75 Å². The van der Waals surface area contributed by atoms with E-state index in [1.54, 1.807) is 29.7 Å². The molecule has 0 aliphatic carbocycles. The minimum atomic E-state index is -0.298. The third kappa shape index (κ3) is 4.84. The highest BCUT2D eigenvalue weighted by Gasteiger charge is 2.01. The minimum absolute atomic E-state index is 0.0712. The smallest absolute Gasteiger partial charge is 0.277 e. The number of thiophene rings is 1. The Morgan fingerprint density at radius 1 is 1.42 bits per heavy atom. The molecule has 2 rings (SSSR count). The zero-order valence-corrected chi connectivity index (χ0v) is 12.3. The van der Waals surface area contributed by atoms with Crippen LogP contribution < -0.4 is 10.2 Å². The second-order valence-electron chi connectivity index (χ2n) is 3.55. The van der Waals surface area contributed by atoms with Crippen LogP contribution in [0.4, 0.5) is 0 Å². The molecule has 6 heteroatoms. The number of halogens is 1. The molecule has 0 saturated heterocycles. The van der Waals surface area contributed by atoms with Gasteiger partial charge in [-0.1, -0.05) is 28.1 Å². The van der Waals surface area contributed by atoms with Crippen molar-refractivity contribution in [3.05, 3.63) is 51.1 Å². The van der Waals surface area contributed by atoms with Crippen molar-refractivity contribution >= 4 is 39.4 Å². The van der Waals surface area contributed by atoms with E-state index >= 15 is 0 Å². The summed E-state index contributed by atoms with van der Waals surface area (Å²) in [4.78, 5) is 12.5. The van der Waals surface area contributed by atoms with Gasteiger partial charge in [-0.05, 0) is 29.6 Å². The molecule has 0 saturated carbocycles. The molecule has 1 aromatic carbocycles. The summed E-state index contributed by atoms with van der Waals surface area (Å²) < 4.78 is 6.23. The second kappa shape index (κ2) is 7.06. The highest BCUT2D eigenvalue weighted by atomic mass is 79.9. The number of carbonyl (C=O) groups excluding carboxylic acids is 1. The maximum atomic E-state index is 11.5. The maximum Gasteiger partial charge on any atom is 0.277 e. The van der Waals surface area contributed by atoms with Gasteiger partial charge in [-0.15, -0.1) is 11.3 Å². The Morgan fingerprint density at radius 2 is 2.32 bits per heavy atom. The van der Waals surface area contributed by atoms with Gasteiger partial charge in [-0.2, -0.15) is 5.10 Å². The summed E-state index contributed by atoms with van der Waals surface area (Å²) in [6.07, 6.45) is 1.60. The van der Waals surface area contributed by atoms with Crippen molar-refractivity contribution < 1.29 is 9.53 Å². The van der Waals surface area contributed by atoms with E-state index in [2.05, 4.69) is 26.5 Å². The lowest BCUT2D eigenvalue weighted by molar-refractivity contribution is -0.123. The first-order valence-corrected chi connectivity index (χ1v) is 7.15. The number of hydrogen-bond donors (Lipinski definition) is 1. The van der Waals surface area contributed by atoms with Gasteiger partial charge >= 0.3 is 0 Å². The van der Waals surface area contributed by atoms with Crippen LogP contribution in [0.1, 0.15) is 4.88 Å². The Morgan fingerprint density at radius 3 is 3.05 bits per heavy atom. The second-order valence-corrected chi connectivity index (χ2v) is 5.45. The average molecular weight is 339 g/mol. The number of ether oxygens (including phenoxy) is 1. The topological polar surface area (TPSA) is 50.7 Å². The molecule has 1 aromatic heterocycles. The summed E-state index contributed by atoms with van der Waals surface area (Å²) in [5.41, 5.74) is 2.41. The van der Waals surface area contributed by atoms with Crippen molar-refractivity contribution in [3.63, 3.8) is 0 Å². The standard InChI is InChI=1S/C13H11BrN2O2S/c14-10-3-1-4-11(7-10)18-9-13(17)16-15-8-12-5-2-6-19-12/h1-8H,9H2,(H,16,17)/b15-8-. The van der Waals surface area contributed by atoms with Gasteiger partial charge in [0.25, 0.3) is 5.91 Å². The van der Waals surface area contributed by atoms with Crippen LogP contribution in [0, 0.1) is 0 Å². The van der Waals surface area contributed by atoms with Crippen molar-refractivity contribution in [2.24, 2.45) is 5.10 Å². The fourth-order valence-corrected chi connectivity index (χ4v) is 2.23. The van der Waals surface area contributed by atoms with E-state index < -0.39 is 0 Å². The van der Waals surface area contributed by atoms with Crippen molar-refractivity contribution in [2.75, 3.05) is 6.61 Å². The Bertz CT molecular complexity index is 570. The quantitative estimate of drug-likeness (QED) is 0.672. The third-order valence-electron chi connectivity index (χ3n) is 2.09. The number of nitrogens with one attached hydrogen (secondary N) is 1. The Hall–Kier alpha value is -1.66. The largest absolute Gasteiger partial charge is 0.484 e. The Kier molecular flexibility index (Phi) is 5.11. The van der Waals surface area contributed by atoms with Gasteiger partial charge in [0.2, 0.25) is 0 Å². The molecule has 0 bridgehead atoms. The number of rotatable bonds is 5. The SMILES string of the molecule is O=C(COc1cccc(Br)c1)N/N=C\c1cccs1. The minimum Gasteiger partial charge on any atom is -0.484 e. The molecule has 4 nitrogen and oxygen atoms in total. The first kappa shape index (κ1) is 13.8. The van der Waals surface area contributed by atoms with E-state index in [9.17, 15) is 4.79 Å². The summed E-state index contributed by atoms with van der Waals surface area (Å²) in [6, 6.07) is 11.1. The maximum absolute atomic E-state index is 11.5. The Labute approximate surface area is 123 Å². The summed E-state index contributed by atoms with van der Waals surface area (Å²) in [7, 11) is 0. The van der Waals surface area contributed by atoms with Crippen LogP contribution in [-0.2, 0) is 4.79 Å². The van der Waals surface area contributed by atoms with E-state index in [1.807, 2.05) is 29.6 Å². The van der Waals surface area contributed by atoms with Gasteiger partial charge in [0, 0.05) is 9.35 Å². The molecule has 1 heterocycles. The number of hydrogen-bond acceptors (Lipinski definition) is 4. The molecule has 0 fully saturated rings. The molecule has 1 N–H and O–H groups in total. The first-order valence-electron chi connectivity index (χ1n) is 5.48. The molecule has 19 heavy (non-hydrogen) atoms. The zero-order valence-electron chi connectivity index (χ0n) is 9.88. The van der Waals surface area contributed by atoms with Crippen LogP contribution in [0.25, 0.3) is 0 Å². The lowest BCUT2D eigenvalue weighted by Crippen LogP contribution is -2.24. The van der Waals surface area contributed by atoms with Crippen molar-refractivity contribution in [1.29, 1.82) is 0 Å². The summed E-state index contributed by atoms with van der Waals surface area (Å²) in [5, 5.41) is 5.78. The van der Waals surface area contributed by atoms with Crippen LogP contribution in [0.5, 0.6) is 5.75 Å². The normalized spacial score (nSPS) is 10.6. The van der Waals surface area contributed by atoms with Gasteiger partial charge < -0.3 is 4.74 Å². The first-order chi connectivity index (χ1) is 9.24. The van der Waals surface area contributed by atoms with Gasteiger partial charge in [-0.3, -0.25) is 4.79 Å². The summed E-state index contributed by atoms with van der Waals surface area (Å²) >= 11 is 4.88. The summed E-state index contributed by atoms with van der Waals surface area (Å²) in [6.45, 7) is -0.0712. The third-order valence-corrected chi connectivity index (χ3v) is 3.39. The highest BCUT2D eigenvalue weighted by Crippen LogP contribution is 2.17. The van der Waals surface area contributed by atoms with Crippen LogP contribution in [0.15, 0.2) is 51.4 Å². The number of amides is 1. The van der Waals surface area contributed by atoms with Gasteiger partial charge in [0.15, 0.2) is 6.61 Å². The highest BCUT2D eigenvalue weighted by molar-refractivity contribution is 9.10. The average Bonchev–Trinajstić information content (AvgIpc) is 2.90.